The average Bonchev–Trinajstić information content (AvgIpc) is 3.57. The van der Waals surface area contributed by atoms with Crippen LogP contribution in [-0.2, 0) is 19.4 Å². The van der Waals surface area contributed by atoms with E-state index in [1.807, 2.05) is 60.0 Å². The van der Waals surface area contributed by atoms with Gasteiger partial charge in [0.1, 0.15) is 22.2 Å². The Bertz CT molecular complexity index is 1770. The summed E-state index contributed by atoms with van der Waals surface area (Å²) < 4.78 is 8.05. The molecule has 184 valence electrons. The van der Waals surface area contributed by atoms with Crippen LogP contribution < -0.4 is 10.3 Å². The summed E-state index contributed by atoms with van der Waals surface area (Å²) >= 11 is 3.03. The van der Waals surface area contributed by atoms with Crippen molar-refractivity contribution in [2.75, 3.05) is 7.11 Å². The Labute approximate surface area is 221 Å². The fourth-order valence-corrected chi connectivity index (χ4v) is 6.51. The zero-order valence-electron chi connectivity index (χ0n) is 20.2. The lowest BCUT2D eigenvalue weighted by Gasteiger charge is -2.14. The van der Waals surface area contributed by atoms with E-state index >= 15 is 0 Å². The molecule has 0 unspecified atom stereocenters. The van der Waals surface area contributed by atoms with Crippen molar-refractivity contribution in [2.24, 2.45) is 0 Å². The summed E-state index contributed by atoms with van der Waals surface area (Å²) in [5.74, 6) is 1.41. The number of hydrogen-bond acceptors (Lipinski definition) is 6. The van der Waals surface area contributed by atoms with E-state index < -0.39 is 0 Å². The number of phenols is 1. The molecule has 7 heteroatoms. The number of nitrogens with zero attached hydrogens (tertiary/aromatic N) is 2. The van der Waals surface area contributed by atoms with Gasteiger partial charge in [-0.05, 0) is 59.7 Å². The van der Waals surface area contributed by atoms with Crippen LogP contribution in [0.3, 0.4) is 0 Å². The van der Waals surface area contributed by atoms with Gasteiger partial charge in [0.15, 0.2) is 0 Å². The fourth-order valence-electron chi connectivity index (χ4n) is 4.75. The van der Waals surface area contributed by atoms with E-state index in [1.54, 1.807) is 29.1 Å². The highest BCUT2D eigenvalue weighted by atomic mass is 32.1. The Balaban J connectivity index is 1.57. The number of thiophene rings is 2. The van der Waals surface area contributed by atoms with Gasteiger partial charge in [0.05, 0.1) is 22.8 Å². The molecule has 0 aliphatic heterocycles. The highest BCUT2D eigenvalue weighted by Crippen LogP contribution is 2.39. The van der Waals surface area contributed by atoms with E-state index in [1.165, 1.54) is 16.2 Å². The summed E-state index contributed by atoms with van der Waals surface area (Å²) in [5, 5.41) is 14.3. The number of aromatic hydroxyl groups is 1. The first-order chi connectivity index (χ1) is 18.1. The summed E-state index contributed by atoms with van der Waals surface area (Å²) in [7, 11) is 1.62. The van der Waals surface area contributed by atoms with Gasteiger partial charge < -0.3 is 9.84 Å². The van der Waals surface area contributed by atoms with Crippen molar-refractivity contribution >= 4 is 43.0 Å². The van der Waals surface area contributed by atoms with Crippen molar-refractivity contribution in [3.8, 4) is 22.9 Å². The third-order valence-corrected chi connectivity index (χ3v) is 8.55. The summed E-state index contributed by atoms with van der Waals surface area (Å²) in [4.78, 5) is 21.0. The Morgan fingerprint density at radius 3 is 2.57 bits per heavy atom. The van der Waals surface area contributed by atoms with E-state index in [0.717, 1.165) is 28.5 Å². The van der Waals surface area contributed by atoms with Gasteiger partial charge in [-0.15, -0.1) is 22.7 Å². The van der Waals surface area contributed by atoms with E-state index in [0.29, 0.717) is 39.5 Å². The predicted octanol–water partition coefficient (Wildman–Crippen LogP) is 6.89. The van der Waals surface area contributed by atoms with E-state index in [2.05, 4.69) is 18.2 Å². The maximum atomic E-state index is 14.1. The molecule has 6 aromatic rings. The lowest BCUT2D eigenvalue weighted by Crippen LogP contribution is -2.24. The topological polar surface area (TPSA) is 64.3 Å². The molecule has 0 aliphatic carbocycles. The lowest BCUT2D eigenvalue weighted by atomic mass is 10.0. The number of hydrogen-bond donors (Lipinski definition) is 1. The highest BCUT2D eigenvalue weighted by molar-refractivity contribution is 7.25. The number of para-hydroxylation sites is 1. The number of aromatic nitrogens is 2. The Kier molecular flexibility index (Phi) is 6.24. The van der Waals surface area contributed by atoms with Crippen molar-refractivity contribution < 1.29 is 9.84 Å². The standard InChI is InChI=1S/C30H24N2O3S2/c1-35-25-12-6-5-11-22(25)28-31-29-26(30(34)32(28)14-13-21-10-7-15-36-21)23-17-20(18-24(33)27(23)37-29)16-19-8-3-2-4-9-19/h2-12,15,17-18,33H,13-14,16H2,1H3. The number of benzene rings is 3. The van der Waals surface area contributed by atoms with Crippen LogP contribution in [0.2, 0.25) is 0 Å². The quantitative estimate of drug-likeness (QED) is 0.247. The molecule has 6 rings (SSSR count). The molecule has 0 fully saturated rings. The van der Waals surface area contributed by atoms with E-state index in [9.17, 15) is 9.90 Å². The minimum Gasteiger partial charge on any atom is -0.506 e. The Morgan fingerprint density at radius 2 is 1.78 bits per heavy atom. The Morgan fingerprint density at radius 1 is 0.973 bits per heavy atom. The molecule has 37 heavy (non-hydrogen) atoms. The molecule has 0 bridgehead atoms. The van der Waals surface area contributed by atoms with Crippen molar-refractivity contribution in [2.45, 2.75) is 19.4 Å². The molecule has 3 aromatic carbocycles. The SMILES string of the molecule is COc1ccccc1-c1nc2sc3c(O)cc(Cc4ccccc4)cc3c2c(=O)n1CCc1cccs1. The maximum absolute atomic E-state index is 14.1. The Hall–Kier alpha value is -3.94. The van der Waals surface area contributed by atoms with Crippen LogP contribution in [0.5, 0.6) is 11.5 Å². The molecule has 3 aromatic heterocycles. The van der Waals surface area contributed by atoms with Gasteiger partial charge in [0, 0.05) is 16.8 Å². The lowest BCUT2D eigenvalue weighted by molar-refractivity contribution is 0.415. The molecule has 1 N–H and O–H groups in total. The minimum atomic E-state index is -0.107. The van der Waals surface area contributed by atoms with Gasteiger partial charge in [-0.25, -0.2) is 4.98 Å². The zero-order chi connectivity index (χ0) is 25.4. The van der Waals surface area contributed by atoms with Gasteiger partial charge in [-0.1, -0.05) is 48.5 Å². The predicted molar refractivity (Wildman–Crippen MR) is 152 cm³/mol. The van der Waals surface area contributed by atoms with Crippen LogP contribution >= 0.6 is 22.7 Å². The summed E-state index contributed by atoms with van der Waals surface area (Å²) in [6.07, 6.45) is 1.39. The number of methoxy groups -OCH3 is 1. The first kappa shape index (κ1) is 23.5. The fraction of sp³-hybridized carbons (Fsp3) is 0.133. The molecular formula is C30H24N2O3S2. The number of aryl methyl sites for hydroxylation is 1. The summed E-state index contributed by atoms with van der Waals surface area (Å²) in [6.45, 7) is 0.489. The number of phenolic OH excluding ortho intramolecular Hbond substituents is 1. The van der Waals surface area contributed by atoms with Gasteiger partial charge in [0.25, 0.3) is 5.56 Å². The second-order valence-corrected chi connectivity index (χ2v) is 10.9. The largest absolute Gasteiger partial charge is 0.506 e. The van der Waals surface area contributed by atoms with Gasteiger partial charge >= 0.3 is 0 Å². The molecule has 3 heterocycles. The van der Waals surface area contributed by atoms with Crippen molar-refractivity contribution in [1.82, 2.24) is 9.55 Å². The van der Waals surface area contributed by atoms with Crippen LogP contribution in [0.1, 0.15) is 16.0 Å². The van der Waals surface area contributed by atoms with Gasteiger partial charge in [0.2, 0.25) is 0 Å². The van der Waals surface area contributed by atoms with Crippen LogP contribution in [0.15, 0.2) is 89.0 Å². The zero-order valence-corrected chi connectivity index (χ0v) is 21.8. The maximum Gasteiger partial charge on any atom is 0.263 e. The van der Waals surface area contributed by atoms with Crippen LogP contribution in [0.4, 0.5) is 0 Å². The molecule has 0 radical (unpaired) electrons. The monoisotopic (exact) mass is 524 g/mol. The molecule has 0 spiro atoms. The van der Waals surface area contributed by atoms with Crippen LogP contribution in [0, 0.1) is 0 Å². The molecule has 0 saturated carbocycles. The summed E-state index contributed by atoms with van der Waals surface area (Å²) in [5.41, 5.74) is 2.76. The molecule has 0 amide bonds. The van der Waals surface area contributed by atoms with E-state index in [-0.39, 0.29) is 11.3 Å². The molecule has 0 aliphatic rings. The summed E-state index contributed by atoms with van der Waals surface area (Å²) in [6, 6.07) is 25.7. The molecular weight excluding hydrogens is 500 g/mol. The smallest absolute Gasteiger partial charge is 0.263 e. The first-order valence-electron chi connectivity index (χ1n) is 12.0. The number of rotatable bonds is 7. The normalized spacial score (nSPS) is 11.4. The van der Waals surface area contributed by atoms with E-state index in [4.69, 9.17) is 9.72 Å². The highest BCUT2D eigenvalue weighted by Gasteiger charge is 2.21. The van der Waals surface area contributed by atoms with Crippen LogP contribution in [-0.4, -0.2) is 21.8 Å². The molecule has 5 nitrogen and oxygen atoms in total. The first-order valence-corrected chi connectivity index (χ1v) is 13.7. The minimum absolute atomic E-state index is 0.107. The van der Waals surface area contributed by atoms with Gasteiger partial charge in [-0.3, -0.25) is 9.36 Å². The molecule has 0 saturated heterocycles. The number of fused-ring (bicyclic) bond motifs is 3. The van der Waals surface area contributed by atoms with Crippen molar-refractivity contribution in [3.05, 3.63) is 111 Å². The second kappa shape index (κ2) is 9.84. The number of ether oxygens (including phenoxy) is 1. The van der Waals surface area contributed by atoms with Crippen LogP contribution in [0.25, 0.3) is 31.7 Å². The van der Waals surface area contributed by atoms with Crippen molar-refractivity contribution in [1.29, 1.82) is 0 Å². The second-order valence-electron chi connectivity index (χ2n) is 8.86. The molecule has 0 atom stereocenters. The third-order valence-electron chi connectivity index (χ3n) is 6.49. The average molecular weight is 525 g/mol. The van der Waals surface area contributed by atoms with Gasteiger partial charge in [-0.2, -0.15) is 0 Å². The third kappa shape index (κ3) is 4.41. The van der Waals surface area contributed by atoms with Crippen molar-refractivity contribution in [3.63, 3.8) is 0 Å².